The normalized spacial score (nSPS) is 31.2. The number of hydrogen-bond acceptors (Lipinski definition) is 4. The van der Waals surface area contributed by atoms with Crippen LogP contribution in [0.5, 0.6) is 0 Å². The Morgan fingerprint density at radius 1 is 1.17 bits per heavy atom. The quantitative estimate of drug-likeness (QED) is 0.868. The summed E-state index contributed by atoms with van der Waals surface area (Å²) in [5.74, 6) is 0.553. The number of rotatable bonds is 5. The molecule has 134 valence electrons. The second kappa shape index (κ2) is 7.14. The molecule has 3 fully saturated rings. The first kappa shape index (κ1) is 16.6. The Morgan fingerprint density at radius 3 is 2.46 bits per heavy atom. The van der Waals surface area contributed by atoms with Crippen molar-refractivity contribution in [2.45, 2.75) is 75.6 Å². The molecule has 2 N–H and O–H groups in total. The molecule has 3 aliphatic rings. The second-order valence-electron chi connectivity index (χ2n) is 8.23. The number of aliphatic hydroxyl groups is 1. The molecule has 2 heterocycles. The maximum absolute atomic E-state index is 9.73. The smallest absolute Gasteiger partial charge is 0.0547 e. The maximum atomic E-state index is 9.73. The molecule has 1 aromatic heterocycles. The Labute approximate surface area is 145 Å². The van der Waals surface area contributed by atoms with E-state index in [1.165, 1.54) is 57.2 Å². The molecule has 0 radical (unpaired) electrons. The summed E-state index contributed by atoms with van der Waals surface area (Å²) < 4.78 is 1.89. The van der Waals surface area contributed by atoms with Gasteiger partial charge >= 0.3 is 0 Å². The van der Waals surface area contributed by atoms with Crippen LogP contribution in [0.25, 0.3) is 0 Å². The number of nitrogens with one attached hydrogen (secondary N) is 1. The van der Waals surface area contributed by atoms with E-state index in [-0.39, 0.29) is 6.10 Å². The highest BCUT2D eigenvalue weighted by atomic mass is 16.3. The molecule has 1 atom stereocenters. The van der Waals surface area contributed by atoms with E-state index in [1.54, 1.807) is 0 Å². The van der Waals surface area contributed by atoms with Crippen LogP contribution in [0.3, 0.4) is 0 Å². The summed E-state index contributed by atoms with van der Waals surface area (Å²) in [6.45, 7) is 2.49. The Morgan fingerprint density at radius 2 is 1.88 bits per heavy atom. The number of aryl methyl sites for hydroxylation is 1. The van der Waals surface area contributed by atoms with Gasteiger partial charge in [0.15, 0.2) is 0 Å². The highest BCUT2D eigenvalue weighted by molar-refractivity contribution is 5.14. The second-order valence-corrected chi connectivity index (χ2v) is 8.23. The van der Waals surface area contributed by atoms with Crippen molar-refractivity contribution >= 4 is 0 Å². The molecular formula is C19H32N4O. The van der Waals surface area contributed by atoms with Gasteiger partial charge in [0.2, 0.25) is 0 Å². The Bertz CT molecular complexity index is 525. The van der Waals surface area contributed by atoms with Crippen molar-refractivity contribution in [3.8, 4) is 0 Å². The lowest BCUT2D eigenvalue weighted by atomic mass is 9.75. The van der Waals surface area contributed by atoms with Crippen LogP contribution in [-0.2, 0) is 7.05 Å². The summed E-state index contributed by atoms with van der Waals surface area (Å²) in [5, 5.41) is 18.0. The van der Waals surface area contributed by atoms with Crippen LogP contribution in [0.15, 0.2) is 12.4 Å². The molecule has 0 bridgehead atoms. The Kier molecular flexibility index (Phi) is 4.93. The molecule has 2 saturated carbocycles. The molecule has 24 heavy (non-hydrogen) atoms. The molecule has 0 aromatic carbocycles. The van der Waals surface area contributed by atoms with E-state index < -0.39 is 0 Å². The molecule has 5 nitrogen and oxygen atoms in total. The van der Waals surface area contributed by atoms with Crippen molar-refractivity contribution in [2.24, 2.45) is 13.0 Å². The van der Waals surface area contributed by atoms with E-state index in [0.717, 1.165) is 18.9 Å². The van der Waals surface area contributed by atoms with Crippen LogP contribution in [-0.4, -0.2) is 51.1 Å². The van der Waals surface area contributed by atoms with Gasteiger partial charge in [-0.05, 0) is 57.5 Å². The number of hydrogen-bond donors (Lipinski definition) is 2. The van der Waals surface area contributed by atoms with Crippen molar-refractivity contribution in [3.63, 3.8) is 0 Å². The third kappa shape index (κ3) is 3.53. The van der Waals surface area contributed by atoms with Crippen LogP contribution >= 0.6 is 0 Å². The van der Waals surface area contributed by atoms with Crippen LogP contribution in [0.4, 0.5) is 0 Å². The van der Waals surface area contributed by atoms with E-state index >= 15 is 0 Å². The zero-order chi connectivity index (χ0) is 16.5. The lowest BCUT2D eigenvalue weighted by Gasteiger charge is -2.42. The van der Waals surface area contributed by atoms with Crippen LogP contribution in [0, 0.1) is 5.92 Å². The van der Waals surface area contributed by atoms with Crippen molar-refractivity contribution in [1.82, 2.24) is 20.0 Å². The van der Waals surface area contributed by atoms with Gasteiger partial charge in [0, 0.05) is 36.9 Å². The van der Waals surface area contributed by atoms with Crippen LogP contribution in [0.1, 0.15) is 63.0 Å². The van der Waals surface area contributed by atoms with Gasteiger partial charge in [-0.25, -0.2) is 0 Å². The van der Waals surface area contributed by atoms with Crippen molar-refractivity contribution < 1.29 is 5.11 Å². The lowest BCUT2D eigenvalue weighted by molar-refractivity contribution is 0.0190. The van der Waals surface area contributed by atoms with Gasteiger partial charge < -0.3 is 15.3 Å². The highest BCUT2D eigenvalue weighted by Crippen LogP contribution is 2.39. The van der Waals surface area contributed by atoms with E-state index in [9.17, 15) is 5.11 Å². The first-order valence-corrected chi connectivity index (χ1v) is 9.86. The van der Waals surface area contributed by atoms with Gasteiger partial charge in [-0.15, -0.1) is 0 Å². The molecule has 2 aliphatic carbocycles. The summed E-state index contributed by atoms with van der Waals surface area (Å²) in [7, 11) is 1.98. The van der Waals surface area contributed by atoms with E-state index in [1.807, 2.05) is 17.9 Å². The largest absolute Gasteiger partial charge is 0.393 e. The number of aliphatic hydroxyl groups excluding tert-OH is 1. The molecule has 0 amide bonds. The fraction of sp³-hybridized carbons (Fsp3) is 0.842. The topological polar surface area (TPSA) is 53.3 Å². The van der Waals surface area contributed by atoms with Gasteiger partial charge in [0.05, 0.1) is 12.3 Å². The molecule has 0 spiro atoms. The highest BCUT2D eigenvalue weighted by Gasteiger charge is 2.37. The summed E-state index contributed by atoms with van der Waals surface area (Å²) in [6.07, 6.45) is 14.1. The van der Waals surface area contributed by atoms with Gasteiger partial charge in [-0.3, -0.25) is 4.68 Å². The summed E-state index contributed by atoms with van der Waals surface area (Å²) in [5.41, 5.74) is 1.28. The van der Waals surface area contributed by atoms with Crippen LogP contribution < -0.4 is 5.32 Å². The Hall–Kier alpha value is -0.910. The fourth-order valence-electron chi connectivity index (χ4n) is 4.96. The minimum atomic E-state index is -0.0971. The minimum absolute atomic E-state index is 0.0971. The first-order chi connectivity index (χ1) is 11.7. The predicted molar refractivity (Wildman–Crippen MR) is 94.7 cm³/mol. The van der Waals surface area contributed by atoms with Crippen molar-refractivity contribution in [2.75, 3.05) is 13.1 Å². The SMILES string of the molecule is Cn1cc([C@@H](NC2CCN(C3CCCC3)CC2)C2CC(O)C2)cn1. The molecule has 0 unspecified atom stereocenters. The number of nitrogens with zero attached hydrogens (tertiary/aromatic N) is 3. The van der Waals surface area contributed by atoms with Crippen LogP contribution in [0.2, 0.25) is 0 Å². The van der Waals surface area contributed by atoms with Gasteiger partial charge in [0.1, 0.15) is 0 Å². The monoisotopic (exact) mass is 332 g/mol. The van der Waals surface area contributed by atoms with Gasteiger partial charge in [-0.1, -0.05) is 12.8 Å². The third-order valence-corrected chi connectivity index (χ3v) is 6.49. The van der Waals surface area contributed by atoms with Gasteiger partial charge in [-0.2, -0.15) is 5.10 Å². The molecule has 1 aliphatic heterocycles. The summed E-state index contributed by atoms with van der Waals surface area (Å²) in [6, 6.07) is 1.82. The average molecular weight is 332 g/mol. The zero-order valence-corrected chi connectivity index (χ0v) is 14.9. The lowest BCUT2D eigenvalue weighted by Crippen LogP contribution is -2.49. The van der Waals surface area contributed by atoms with Crippen molar-refractivity contribution in [1.29, 1.82) is 0 Å². The molecule has 1 saturated heterocycles. The number of aromatic nitrogens is 2. The molecule has 1 aromatic rings. The predicted octanol–water partition coefficient (Wildman–Crippen LogP) is 2.23. The summed E-state index contributed by atoms with van der Waals surface area (Å²) >= 11 is 0. The molecular weight excluding hydrogens is 300 g/mol. The fourth-order valence-corrected chi connectivity index (χ4v) is 4.96. The molecule has 5 heteroatoms. The summed E-state index contributed by atoms with van der Waals surface area (Å²) in [4.78, 5) is 2.73. The third-order valence-electron chi connectivity index (χ3n) is 6.49. The van der Waals surface area contributed by atoms with E-state index in [2.05, 4.69) is 21.5 Å². The minimum Gasteiger partial charge on any atom is -0.393 e. The Balaban J connectivity index is 1.35. The van der Waals surface area contributed by atoms with E-state index in [4.69, 9.17) is 0 Å². The average Bonchev–Trinajstić information content (AvgIpc) is 3.22. The first-order valence-electron chi connectivity index (χ1n) is 9.86. The maximum Gasteiger partial charge on any atom is 0.0547 e. The number of piperidine rings is 1. The van der Waals surface area contributed by atoms with E-state index in [0.29, 0.717) is 18.0 Å². The zero-order valence-electron chi connectivity index (χ0n) is 14.9. The number of likely N-dealkylation sites (tertiary alicyclic amines) is 1. The standard InChI is InChI=1S/C19H32N4O/c1-22-13-15(12-20-22)19(14-10-18(24)11-14)21-16-6-8-23(9-7-16)17-4-2-3-5-17/h12-14,16-19,21,24H,2-11H2,1H3/t14?,18?,19-/m0/s1. The molecule has 4 rings (SSSR count). The van der Waals surface area contributed by atoms with Crippen molar-refractivity contribution in [3.05, 3.63) is 18.0 Å². The van der Waals surface area contributed by atoms with Gasteiger partial charge in [0.25, 0.3) is 0 Å².